The standard InChI is InChI=1S/C21H33N3O2S/c1-20(2,3)16-10-8-15(9-11-16)18-24(17(25)14-27-18)13-12-23(7)19(26)22-21(4,5)6/h8-11,18H,12-14H2,1-7H3,(H,22,26). The monoisotopic (exact) mass is 391 g/mol. The largest absolute Gasteiger partial charge is 0.333 e. The lowest BCUT2D eigenvalue weighted by molar-refractivity contribution is -0.128. The molecule has 1 heterocycles. The summed E-state index contributed by atoms with van der Waals surface area (Å²) in [7, 11) is 1.77. The van der Waals surface area contributed by atoms with Crippen molar-refractivity contribution in [2.75, 3.05) is 25.9 Å². The van der Waals surface area contributed by atoms with Crippen molar-refractivity contribution in [2.24, 2.45) is 0 Å². The van der Waals surface area contributed by atoms with E-state index in [9.17, 15) is 9.59 Å². The highest BCUT2D eigenvalue weighted by Gasteiger charge is 2.33. The molecule has 1 aliphatic heterocycles. The van der Waals surface area contributed by atoms with Crippen LogP contribution in [0.5, 0.6) is 0 Å². The molecule has 27 heavy (non-hydrogen) atoms. The summed E-state index contributed by atoms with van der Waals surface area (Å²) < 4.78 is 0. The van der Waals surface area contributed by atoms with Gasteiger partial charge in [-0.15, -0.1) is 11.8 Å². The van der Waals surface area contributed by atoms with Gasteiger partial charge in [-0.3, -0.25) is 4.79 Å². The molecule has 150 valence electrons. The van der Waals surface area contributed by atoms with Crippen LogP contribution in [-0.2, 0) is 10.2 Å². The maximum absolute atomic E-state index is 12.4. The molecule has 1 unspecified atom stereocenters. The molecule has 5 nitrogen and oxygen atoms in total. The predicted molar refractivity (Wildman–Crippen MR) is 113 cm³/mol. The second-order valence-corrected chi connectivity index (χ2v) is 10.3. The number of urea groups is 1. The second-order valence-electron chi connectivity index (χ2n) is 9.22. The van der Waals surface area contributed by atoms with Gasteiger partial charge in [-0.2, -0.15) is 0 Å². The van der Waals surface area contributed by atoms with E-state index >= 15 is 0 Å². The predicted octanol–water partition coefficient (Wildman–Crippen LogP) is 4.00. The van der Waals surface area contributed by atoms with E-state index in [1.165, 1.54) is 5.56 Å². The molecule has 1 aromatic rings. The number of hydrogen-bond donors (Lipinski definition) is 1. The summed E-state index contributed by atoms with van der Waals surface area (Å²) >= 11 is 1.65. The first-order valence-corrected chi connectivity index (χ1v) is 10.5. The third-order valence-electron chi connectivity index (χ3n) is 4.53. The molecule has 0 bridgehead atoms. The Labute approximate surface area is 167 Å². The highest BCUT2D eigenvalue weighted by molar-refractivity contribution is 8.00. The van der Waals surface area contributed by atoms with Gasteiger partial charge in [0.15, 0.2) is 0 Å². The molecule has 6 heteroatoms. The van der Waals surface area contributed by atoms with Crippen molar-refractivity contribution in [3.63, 3.8) is 0 Å². The molecule has 0 aliphatic carbocycles. The van der Waals surface area contributed by atoms with Gasteiger partial charge in [0.05, 0.1) is 5.75 Å². The molecular weight excluding hydrogens is 358 g/mol. The number of hydrogen-bond acceptors (Lipinski definition) is 3. The number of nitrogens with one attached hydrogen (secondary N) is 1. The lowest BCUT2D eigenvalue weighted by atomic mass is 9.87. The van der Waals surface area contributed by atoms with Crippen LogP contribution < -0.4 is 5.32 Å². The van der Waals surface area contributed by atoms with Gasteiger partial charge in [-0.1, -0.05) is 45.0 Å². The number of rotatable bonds is 4. The topological polar surface area (TPSA) is 52.7 Å². The molecule has 0 spiro atoms. The van der Waals surface area contributed by atoms with Gasteiger partial charge in [-0.05, 0) is 37.3 Å². The average molecular weight is 392 g/mol. The smallest absolute Gasteiger partial charge is 0.317 e. The lowest BCUT2D eigenvalue weighted by Gasteiger charge is -2.29. The van der Waals surface area contributed by atoms with Crippen molar-refractivity contribution in [3.8, 4) is 0 Å². The summed E-state index contributed by atoms with van der Waals surface area (Å²) in [5.41, 5.74) is 2.26. The van der Waals surface area contributed by atoms with Crippen molar-refractivity contribution in [1.29, 1.82) is 0 Å². The third-order valence-corrected chi connectivity index (χ3v) is 5.79. The number of carbonyl (C=O) groups excluding carboxylic acids is 2. The first-order chi connectivity index (χ1) is 12.4. The van der Waals surface area contributed by atoms with Crippen LogP contribution >= 0.6 is 11.8 Å². The van der Waals surface area contributed by atoms with E-state index in [2.05, 4.69) is 50.4 Å². The number of thioether (sulfide) groups is 1. The van der Waals surface area contributed by atoms with Gasteiger partial charge in [0.2, 0.25) is 5.91 Å². The summed E-state index contributed by atoms with van der Waals surface area (Å²) in [6.07, 6.45) is 0. The second kappa shape index (κ2) is 8.13. The average Bonchev–Trinajstić information content (AvgIpc) is 2.91. The Morgan fingerprint density at radius 1 is 1.19 bits per heavy atom. The highest BCUT2D eigenvalue weighted by atomic mass is 32.2. The number of benzene rings is 1. The Morgan fingerprint density at radius 3 is 2.30 bits per heavy atom. The molecule has 1 saturated heterocycles. The van der Waals surface area contributed by atoms with Gasteiger partial charge < -0.3 is 15.1 Å². The molecular formula is C21H33N3O2S. The van der Waals surface area contributed by atoms with Crippen LogP contribution in [0.1, 0.15) is 58.0 Å². The molecule has 1 fully saturated rings. The number of nitrogens with zero attached hydrogens (tertiary/aromatic N) is 2. The maximum Gasteiger partial charge on any atom is 0.317 e. The van der Waals surface area contributed by atoms with Crippen LogP contribution in [0.3, 0.4) is 0 Å². The van der Waals surface area contributed by atoms with Crippen molar-refractivity contribution in [1.82, 2.24) is 15.1 Å². The minimum absolute atomic E-state index is 0.0191. The Bertz CT molecular complexity index is 674. The number of amides is 3. The number of carbonyl (C=O) groups is 2. The van der Waals surface area contributed by atoms with Crippen molar-refractivity contribution in [3.05, 3.63) is 35.4 Å². The zero-order valence-corrected chi connectivity index (χ0v) is 18.4. The zero-order chi connectivity index (χ0) is 20.4. The van der Waals surface area contributed by atoms with Gasteiger partial charge >= 0.3 is 6.03 Å². The fourth-order valence-electron chi connectivity index (χ4n) is 2.90. The fraction of sp³-hybridized carbons (Fsp3) is 0.619. The van der Waals surface area contributed by atoms with Crippen LogP contribution in [0.25, 0.3) is 0 Å². The van der Waals surface area contributed by atoms with Crippen LogP contribution in [0, 0.1) is 0 Å². The Kier molecular flexibility index (Phi) is 6.51. The molecule has 1 aliphatic rings. The van der Waals surface area contributed by atoms with Crippen LogP contribution in [0.15, 0.2) is 24.3 Å². The molecule has 1 atom stereocenters. The molecule has 0 saturated carbocycles. The fourth-order valence-corrected chi connectivity index (χ4v) is 4.11. The molecule has 0 radical (unpaired) electrons. The normalized spacial score (nSPS) is 18.0. The van der Waals surface area contributed by atoms with E-state index in [1.54, 1.807) is 23.7 Å². The van der Waals surface area contributed by atoms with E-state index in [0.717, 1.165) is 5.56 Å². The Morgan fingerprint density at radius 2 is 1.78 bits per heavy atom. The Hall–Kier alpha value is -1.69. The summed E-state index contributed by atoms with van der Waals surface area (Å²) in [6, 6.07) is 8.44. The van der Waals surface area contributed by atoms with Gasteiger partial charge in [0, 0.05) is 25.7 Å². The molecule has 3 amide bonds. The minimum Gasteiger partial charge on any atom is -0.333 e. The van der Waals surface area contributed by atoms with Gasteiger partial charge in [0.25, 0.3) is 0 Å². The molecule has 1 aromatic carbocycles. The summed E-state index contributed by atoms with van der Waals surface area (Å²) in [5, 5.41) is 2.97. The van der Waals surface area contributed by atoms with Crippen LogP contribution in [0.4, 0.5) is 4.79 Å². The van der Waals surface area contributed by atoms with Crippen LogP contribution in [-0.4, -0.2) is 53.2 Å². The first-order valence-electron chi connectivity index (χ1n) is 9.43. The van der Waals surface area contributed by atoms with Crippen LogP contribution in [0.2, 0.25) is 0 Å². The highest BCUT2D eigenvalue weighted by Crippen LogP contribution is 2.39. The summed E-state index contributed by atoms with van der Waals surface area (Å²) in [4.78, 5) is 28.1. The molecule has 2 rings (SSSR count). The van der Waals surface area contributed by atoms with E-state index in [1.807, 2.05) is 25.7 Å². The zero-order valence-electron chi connectivity index (χ0n) is 17.6. The first kappa shape index (κ1) is 21.6. The van der Waals surface area contributed by atoms with Gasteiger partial charge in [-0.25, -0.2) is 4.79 Å². The SMILES string of the molecule is CN(CCN1C(=O)CSC1c1ccc(C(C)(C)C)cc1)C(=O)NC(C)(C)C. The van der Waals surface area contributed by atoms with E-state index < -0.39 is 0 Å². The quantitative estimate of drug-likeness (QED) is 0.844. The maximum atomic E-state index is 12.4. The minimum atomic E-state index is -0.276. The third kappa shape index (κ3) is 5.89. The molecule has 1 N–H and O–H groups in total. The Balaban J connectivity index is 2.03. The van der Waals surface area contributed by atoms with Gasteiger partial charge in [0.1, 0.15) is 5.37 Å². The van der Waals surface area contributed by atoms with E-state index in [4.69, 9.17) is 0 Å². The summed E-state index contributed by atoms with van der Waals surface area (Å²) in [5.74, 6) is 0.623. The van der Waals surface area contributed by atoms with Crippen molar-refractivity contribution in [2.45, 2.75) is 57.9 Å². The molecule has 0 aromatic heterocycles. The van der Waals surface area contributed by atoms with E-state index in [0.29, 0.717) is 18.8 Å². The van der Waals surface area contributed by atoms with Crippen molar-refractivity contribution >= 4 is 23.7 Å². The summed E-state index contributed by atoms with van der Waals surface area (Å²) in [6.45, 7) is 13.5. The van der Waals surface area contributed by atoms with Crippen molar-refractivity contribution < 1.29 is 9.59 Å². The lowest BCUT2D eigenvalue weighted by Crippen LogP contribution is -2.49. The number of likely N-dealkylation sites (N-methyl/N-ethyl adjacent to an activating group) is 1. The van der Waals surface area contributed by atoms with E-state index in [-0.39, 0.29) is 28.3 Å².